The van der Waals surface area contributed by atoms with Gasteiger partial charge in [0.2, 0.25) is 5.91 Å². The standard InChI is InChI=1S/C22H21N5O4/c1-15(12-17-4-3-11-31-17)25-19(28)14-26-18-5-2-8-24-20(18)27(22(30)21(26)29)13-16-6-9-23-10-7-16/h2-11,15H,12-14H2,1H3,(H,25,28)/t15-/m1/s1. The molecular weight excluding hydrogens is 398 g/mol. The largest absolute Gasteiger partial charge is 0.469 e. The normalized spacial score (nSPS) is 12.0. The number of nitrogens with zero attached hydrogens (tertiary/aromatic N) is 4. The fourth-order valence-corrected chi connectivity index (χ4v) is 3.46. The Labute approximate surface area is 177 Å². The highest BCUT2D eigenvalue weighted by atomic mass is 16.3. The molecule has 0 saturated heterocycles. The van der Waals surface area contributed by atoms with Crippen LogP contribution >= 0.6 is 0 Å². The Hall–Kier alpha value is -4.01. The molecule has 0 aromatic carbocycles. The van der Waals surface area contributed by atoms with Crippen LogP contribution in [-0.4, -0.2) is 31.1 Å². The number of rotatable bonds is 7. The fraction of sp³-hybridized carbons (Fsp3) is 0.227. The second kappa shape index (κ2) is 8.78. The number of furan rings is 1. The van der Waals surface area contributed by atoms with E-state index in [-0.39, 0.29) is 25.0 Å². The third-order valence-corrected chi connectivity index (χ3v) is 4.87. The summed E-state index contributed by atoms with van der Waals surface area (Å²) in [6.45, 7) is 1.74. The molecule has 4 aromatic rings. The van der Waals surface area contributed by atoms with E-state index in [1.54, 1.807) is 55.2 Å². The summed E-state index contributed by atoms with van der Waals surface area (Å²) < 4.78 is 7.79. The van der Waals surface area contributed by atoms with Gasteiger partial charge in [-0.2, -0.15) is 0 Å². The Balaban J connectivity index is 1.63. The minimum absolute atomic E-state index is 0.178. The highest BCUT2D eigenvalue weighted by Gasteiger charge is 2.17. The van der Waals surface area contributed by atoms with Crippen molar-refractivity contribution in [3.05, 3.63) is 93.3 Å². The quantitative estimate of drug-likeness (QED) is 0.453. The van der Waals surface area contributed by atoms with Crippen molar-refractivity contribution in [3.63, 3.8) is 0 Å². The Bertz CT molecular complexity index is 1310. The Morgan fingerprint density at radius 3 is 2.58 bits per heavy atom. The maximum atomic E-state index is 12.9. The molecule has 0 aliphatic rings. The van der Waals surface area contributed by atoms with Gasteiger partial charge < -0.3 is 9.73 Å². The van der Waals surface area contributed by atoms with Crippen molar-refractivity contribution >= 4 is 17.1 Å². The topological polar surface area (TPSA) is 112 Å². The summed E-state index contributed by atoms with van der Waals surface area (Å²) in [5, 5.41) is 2.84. The Morgan fingerprint density at radius 1 is 1.06 bits per heavy atom. The molecular formula is C22H21N5O4. The molecule has 4 heterocycles. The number of hydrogen-bond acceptors (Lipinski definition) is 6. The molecule has 0 bridgehead atoms. The molecule has 9 nitrogen and oxygen atoms in total. The van der Waals surface area contributed by atoms with Gasteiger partial charge in [0.05, 0.1) is 18.3 Å². The van der Waals surface area contributed by atoms with Gasteiger partial charge in [0.25, 0.3) is 0 Å². The summed E-state index contributed by atoms with van der Waals surface area (Å²) in [5.74, 6) is 0.371. The minimum atomic E-state index is -0.775. The van der Waals surface area contributed by atoms with Crippen LogP contribution in [0.3, 0.4) is 0 Å². The first-order valence-corrected chi connectivity index (χ1v) is 9.82. The predicted molar refractivity (Wildman–Crippen MR) is 114 cm³/mol. The number of aromatic nitrogens is 4. The van der Waals surface area contributed by atoms with E-state index >= 15 is 0 Å². The van der Waals surface area contributed by atoms with Gasteiger partial charge in [-0.3, -0.25) is 28.5 Å². The SMILES string of the molecule is C[C@H](Cc1ccco1)NC(=O)Cn1c(=O)c(=O)n(Cc2ccncc2)c2ncccc21. The van der Waals surface area contributed by atoms with Gasteiger partial charge in [0.1, 0.15) is 12.3 Å². The van der Waals surface area contributed by atoms with E-state index in [9.17, 15) is 14.4 Å². The molecule has 31 heavy (non-hydrogen) atoms. The minimum Gasteiger partial charge on any atom is -0.469 e. The van der Waals surface area contributed by atoms with Crippen LogP contribution in [0, 0.1) is 0 Å². The van der Waals surface area contributed by atoms with Gasteiger partial charge in [0, 0.05) is 31.1 Å². The molecule has 1 amide bonds. The number of carbonyl (C=O) groups is 1. The van der Waals surface area contributed by atoms with Crippen LogP contribution in [0.25, 0.3) is 11.2 Å². The van der Waals surface area contributed by atoms with Crippen molar-refractivity contribution in [2.75, 3.05) is 0 Å². The van der Waals surface area contributed by atoms with Gasteiger partial charge in [-0.15, -0.1) is 0 Å². The Kier molecular flexibility index (Phi) is 5.74. The number of fused-ring (bicyclic) bond motifs is 1. The monoisotopic (exact) mass is 419 g/mol. The maximum absolute atomic E-state index is 12.9. The summed E-state index contributed by atoms with van der Waals surface area (Å²) in [6.07, 6.45) is 6.87. The lowest BCUT2D eigenvalue weighted by molar-refractivity contribution is -0.122. The van der Waals surface area contributed by atoms with Gasteiger partial charge in [-0.1, -0.05) is 0 Å². The molecule has 1 N–H and O–H groups in total. The fourth-order valence-electron chi connectivity index (χ4n) is 3.46. The average molecular weight is 419 g/mol. The van der Waals surface area contributed by atoms with Crippen LogP contribution in [0.4, 0.5) is 0 Å². The molecule has 0 radical (unpaired) electrons. The molecule has 0 aliphatic carbocycles. The van der Waals surface area contributed by atoms with Crippen LogP contribution in [0.5, 0.6) is 0 Å². The molecule has 0 saturated carbocycles. The number of amides is 1. The number of carbonyl (C=O) groups excluding carboxylic acids is 1. The highest BCUT2D eigenvalue weighted by molar-refractivity contribution is 5.79. The summed E-state index contributed by atoms with van der Waals surface area (Å²) in [7, 11) is 0. The number of hydrogen-bond donors (Lipinski definition) is 1. The first-order valence-electron chi connectivity index (χ1n) is 9.82. The van der Waals surface area contributed by atoms with E-state index in [2.05, 4.69) is 15.3 Å². The van der Waals surface area contributed by atoms with E-state index in [1.807, 2.05) is 13.0 Å². The zero-order chi connectivity index (χ0) is 21.8. The predicted octanol–water partition coefficient (Wildman–Crippen LogP) is 1.34. The molecule has 0 unspecified atom stereocenters. The molecule has 1 atom stereocenters. The molecule has 4 aromatic heterocycles. The van der Waals surface area contributed by atoms with E-state index in [0.717, 1.165) is 11.3 Å². The van der Waals surface area contributed by atoms with E-state index < -0.39 is 11.1 Å². The van der Waals surface area contributed by atoms with E-state index in [0.29, 0.717) is 17.6 Å². The molecule has 9 heteroatoms. The molecule has 4 rings (SSSR count). The Morgan fingerprint density at radius 2 is 1.84 bits per heavy atom. The summed E-state index contributed by atoms with van der Waals surface area (Å²) >= 11 is 0. The number of nitrogens with one attached hydrogen (secondary N) is 1. The third kappa shape index (κ3) is 4.45. The molecule has 0 fully saturated rings. The van der Waals surface area contributed by atoms with Crippen LogP contribution in [0.2, 0.25) is 0 Å². The second-order valence-electron chi connectivity index (χ2n) is 7.24. The van der Waals surface area contributed by atoms with Crippen LogP contribution in [0.15, 0.2) is 75.3 Å². The zero-order valence-electron chi connectivity index (χ0n) is 16.9. The van der Waals surface area contributed by atoms with Crippen molar-refractivity contribution in [2.45, 2.75) is 32.5 Å². The first-order chi connectivity index (χ1) is 15.0. The van der Waals surface area contributed by atoms with Crippen molar-refractivity contribution in [2.24, 2.45) is 0 Å². The van der Waals surface area contributed by atoms with Gasteiger partial charge >= 0.3 is 11.1 Å². The van der Waals surface area contributed by atoms with Gasteiger partial charge in [-0.25, -0.2) is 4.98 Å². The lowest BCUT2D eigenvalue weighted by atomic mass is 10.2. The lowest BCUT2D eigenvalue weighted by Crippen LogP contribution is -2.45. The van der Waals surface area contributed by atoms with Crippen LogP contribution in [0.1, 0.15) is 18.2 Å². The van der Waals surface area contributed by atoms with Crippen molar-refractivity contribution < 1.29 is 9.21 Å². The van der Waals surface area contributed by atoms with Gasteiger partial charge in [-0.05, 0) is 48.9 Å². The first kappa shape index (κ1) is 20.3. The maximum Gasteiger partial charge on any atom is 0.318 e. The molecule has 158 valence electrons. The number of pyridine rings is 2. The summed E-state index contributed by atoms with van der Waals surface area (Å²) in [5.41, 5.74) is 0.0453. The van der Waals surface area contributed by atoms with Crippen molar-refractivity contribution in [3.8, 4) is 0 Å². The van der Waals surface area contributed by atoms with E-state index in [4.69, 9.17) is 4.42 Å². The lowest BCUT2D eigenvalue weighted by Gasteiger charge is -2.16. The van der Waals surface area contributed by atoms with Gasteiger partial charge in [0.15, 0.2) is 5.65 Å². The summed E-state index contributed by atoms with van der Waals surface area (Å²) in [6, 6.07) is 10.3. The van der Waals surface area contributed by atoms with Crippen LogP contribution < -0.4 is 16.4 Å². The zero-order valence-corrected chi connectivity index (χ0v) is 16.9. The van der Waals surface area contributed by atoms with E-state index in [1.165, 1.54) is 9.13 Å². The van der Waals surface area contributed by atoms with Crippen molar-refractivity contribution in [1.82, 2.24) is 24.4 Å². The van der Waals surface area contributed by atoms with Crippen LogP contribution in [-0.2, 0) is 24.3 Å². The third-order valence-electron chi connectivity index (χ3n) is 4.87. The van der Waals surface area contributed by atoms with Crippen molar-refractivity contribution in [1.29, 1.82) is 0 Å². The molecule has 0 aliphatic heterocycles. The highest BCUT2D eigenvalue weighted by Crippen LogP contribution is 2.10. The average Bonchev–Trinajstić information content (AvgIpc) is 3.28. The second-order valence-corrected chi connectivity index (χ2v) is 7.24. The molecule has 0 spiro atoms. The smallest absolute Gasteiger partial charge is 0.318 e. The summed E-state index contributed by atoms with van der Waals surface area (Å²) in [4.78, 5) is 46.6.